The van der Waals surface area contributed by atoms with E-state index in [1.807, 2.05) is 19.1 Å². The fraction of sp³-hybridized carbons (Fsp3) is 0.150. The quantitative estimate of drug-likeness (QED) is 0.706. The molecular formula is C20H19ClN4O2. The van der Waals surface area contributed by atoms with Crippen LogP contribution in [0.25, 0.3) is 5.69 Å². The predicted octanol–water partition coefficient (Wildman–Crippen LogP) is 3.70. The summed E-state index contributed by atoms with van der Waals surface area (Å²) < 4.78 is 1.71. The van der Waals surface area contributed by atoms with Crippen LogP contribution < -0.4 is 10.6 Å². The molecule has 0 aliphatic heterocycles. The molecule has 3 aromatic rings. The van der Waals surface area contributed by atoms with Gasteiger partial charge < -0.3 is 10.6 Å². The Labute approximate surface area is 162 Å². The Morgan fingerprint density at radius 2 is 1.89 bits per heavy atom. The zero-order valence-corrected chi connectivity index (χ0v) is 15.7. The Morgan fingerprint density at radius 3 is 2.59 bits per heavy atom. The van der Waals surface area contributed by atoms with Crippen LogP contribution in [0.2, 0.25) is 5.02 Å². The lowest BCUT2D eigenvalue weighted by Crippen LogP contribution is -2.18. The van der Waals surface area contributed by atoms with Crippen molar-refractivity contribution in [3.8, 4) is 5.69 Å². The first-order valence-electron chi connectivity index (χ1n) is 8.49. The van der Waals surface area contributed by atoms with E-state index in [4.69, 9.17) is 11.6 Å². The summed E-state index contributed by atoms with van der Waals surface area (Å²) in [5.41, 5.74) is 3.05. The molecule has 2 amide bonds. The van der Waals surface area contributed by atoms with Crippen LogP contribution >= 0.6 is 11.6 Å². The van der Waals surface area contributed by atoms with Crippen molar-refractivity contribution >= 4 is 29.1 Å². The number of hydrogen-bond acceptors (Lipinski definition) is 3. The van der Waals surface area contributed by atoms with Gasteiger partial charge in [0.25, 0.3) is 11.8 Å². The number of benzene rings is 2. The third kappa shape index (κ3) is 4.01. The van der Waals surface area contributed by atoms with Crippen molar-refractivity contribution in [2.45, 2.75) is 13.3 Å². The third-order valence-corrected chi connectivity index (χ3v) is 4.35. The number of anilines is 1. The highest BCUT2D eigenvalue weighted by Gasteiger charge is 2.18. The SMILES string of the molecule is CCc1c(C(=O)Nc2cccc(C(=O)NC)c2)cnn1-c1cccc(Cl)c1. The van der Waals surface area contributed by atoms with Crippen LogP contribution in [0, 0.1) is 0 Å². The molecule has 1 aromatic heterocycles. The topological polar surface area (TPSA) is 76.0 Å². The second kappa shape index (κ2) is 8.05. The Morgan fingerprint density at radius 1 is 1.11 bits per heavy atom. The number of carbonyl (C=O) groups is 2. The van der Waals surface area contributed by atoms with Crippen molar-refractivity contribution in [1.82, 2.24) is 15.1 Å². The summed E-state index contributed by atoms with van der Waals surface area (Å²) in [5, 5.41) is 10.3. The molecule has 2 aromatic carbocycles. The van der Waals surface area contributed by atoms with E-state index < -0.39 is 0 Å². The zero-order chi connectivity index (χ0) is 19.4. The van der Waals surface area contributed by atoms with Gasteiger partial charge in [0.2, 0.25) is 0 Å². The van der Waals surface area contributed by atoms with Crippen LogP contribution in [0.5, 0.6) is 0 Å². The molecule has 138 valence electrons. The molecule has 0 bridgehead atoms. The molecule has 0 aliphatic carbocycles. The molecule has 0 radical (unpaired) electrons. The lowest BCUT2D eigenvalue weighted by Gasteiger charge is -2.09. The number of nitrogens with one attached hydrogen (secondary N) is 2. The first kappa shape index (κ1) is 18.7. The van der Waals surface area contributed by atoms with Crippen molar-refractivity contribution < 1.29 is 9.59 Å². The van der Waals surface area contributed by atoms with Crippen LogP contribution in [-0.4, -0.2) is 28.6 Å². The molecule has 0 atom stereocenters. The number of amides is 2. The fourth-order valence-electron chi connectivity index (χ4n) is 2.81. The normalized spacial score (nSPS) is 10.5. The number of nitrogens with zero attached hydrogens (tertiary/aromatic N) is 2. The van der Waals surface area contributed by atoms with Crippen LogP contribution in [0.4, 0.5) is 5.69 Å². The van der Waals surface area contributed by atoms with E-state index in [9.17, 15) is 9.59 Å². The minimum atomic E-state index is -0.283. The van der Waals surface area contributed by atoms with Gasteiger partial charge >= 0.3 is 0 Å². The third-order valence-electron chi connectivity index (χ3n) is 4.11. The molecule has 0 saturated carbocycles. The van der Waals surface area contributed by atoms with Gasteiger partial charge in [-0.3, -0.25) is 9.59 Å². The van der Waals surface area contributed by atoms with Crippen molar-refractivity contribution in [2.75, 3.05) is 12.4 Å². The van der Waals surface area contributed by atoms with E-state index >= 15 is 0 Å². The Bertz CT molecular complexity index is 997. The van der Waals surface area contributed by atoms with E-state index in [0.29, 0.717) is 28.3 Å². The number of aromatic nitrogens is 2. The van der Waals surface area contributed by atoms with E-state index in [0.717, 1.165) is 11.4 Å². The summed E-state index contributed by atoms with van der Waals surface area (Å²) in [4.78, 5) is 24.5. The van der Waals surface area contributed by atoms with E-state index in [1.54, 1.807) is 48.1 Å². The zero-order valence-electron chi connectivity index (χ0n) is 15.0. The largest absolute Gasteiger partial charge is 0.355 e. The maximum atomic E-state index is 12.8. The fourth-order valence-corrected chi connectivity index (χ4v) is 3.00. The Kier molecular flexibility index (Phi) is 5.57. The van der Waals surface area contributed by atoms with Gasteiger partial charge in [-0.15, -0.1) is 0 Å². The number of rotatable bonds is 5. The molecule has 0 fully saturated rings. The van der Waals surface area contributed by atoms with Gasteiger partial charge in [-0.2, -0.15) is 5.10 Å². The molecule has 0 unspecified atom stereocenters. The molecule has 0 saturated heterocycles. The maximum Gasteiger partial charge on any atom is 0.259 e. The van der Waals surface area contributed by atoms with Crippen LogP contribution in [-0.2, 0) is 6.42 Å². The second-order valence-electron chi connectivity index (χ2n) is 5.86. The average Bonchev–Trinajstić information content (AvgIpc) is 3.11. The van der Waals surface area contributed by atoms with Crippen molar-refractivity contribution in [2.24, 2.45) is 0 Å². The van der Waals surface area contributed by atoms with Gasteiger partial charge in [0, 0.05) is 23.3 Å². The highest BCUT2D eigenvalue weighted by molar-refractivity contribution is 6.30. The predicted molar refractivity (Wildman–Crippen MR) is 106 cm³/mol. The molecule has 27 heavy (non-hydrogen) atoms. The second-order valence-corrected chi connectivity index (χ2v) is 6.30. The molecule has 6 nitrogen and oxygen atoms in total. The summed E-state index contributed by atoms with van der Waals surface area (Å²) >= 11 is 6.07. The number of carbonyl (C=O) groups excluding carboxylic acids is 2. The molecular weight excluding hydrogens is 364 g/mol. The minimum absolute atomic E-state index is 0.214. The van der Waals surface area contributed by atoms with Crippen LogP contribution in [0.1, 0.15) is 33.3 Å². The molecule has 1 heterocycles. The van der Waals surface area contributed by atoms with Crippen molar-refractivity contribution in [3.05, 3.63) is 76.6 Å². The van der Waals surface area contributed by atoms with E-state index in [1.165, 1.54) is 6.20 Å². The Hall–Kier alpha value is -3.12. The van der Waals surface area contributed by atoms with Crippen LogP contribution in [0.3, 0.4) is 0 Å². The summed E-state index contributed by atoms with van der Waals surface area (Å²) in [6.45, 7) is 1.96. The molecule has 7 heteroatoms. The minimum Gasteiger partial charge on any atom is -0.355 e. The summed E-state index contributed by atoms with van der Waals surface area (Å²) in [6.07, 6.45) is 2.16. The molecule has 0 spiro atoms. The first-order valence-corrected chi connectivity index (χ1v) is 8.87. The number of hydrogen-bond donors (Lipinski definition) is 2. The van der Waals surface area contributed by atoms with E-state index in [2.05, 4.69) is 15.7 Å². The van der Waals surface area contributed by atoms with Gasteiger partial charge in [-0.05, 0) is 42.8 Å². The van der Waals surface area contributed by atoms with Gasteiger partial charge in [-0.1, -0.05) is 30.7 Å². The highest BCUT2D eigenvalue weighted by Crippen LogP contribution is 2.20. The average molecular weight is 383 g/mol. The summed E-state index contributed by atoms with van der Waals surface area (Å²) in [5.74, 6) is -0.497. The smallest absolute Gasteiger partial charge is 0.259 e. The van der Waals surface area contributed by atoms with Crippen molar-refractivity contribution in [1.29, 1.82) is 0 Å². The highest BCUT2D eigenvalue weighted by atomic mass is 35.5. The lowest BCUT2D eigenvalue weighted by molar-refractivity contribution is 0.0961. The maximum absolute atomic E-state index is 12.8. The van der Waals surface area contributed by atoms with Gasteiger partial charge in [0.1, 0.15) is 0 Å². The summed E-state index contributed by atoms with van der Waals surface area (Å²) in [6, 6.07) is 14.1. The van der Waals surface area contributed by atoms with Gasteiger partial charge in [-0.25, -0.2) is 4.68 Å². The molecule has 0 aliphatic rings. The molecule has 2 N–H and O–H groups in total. The van der Waals surface area contributed by atoms with Crippen molar-refractivity contribution in [3.63, 3.8) is 0 Å². The molecule has 3 rings (SSSR count). The van der Waals surface area contributed by atoms with E-state index in [-0.39, 0.29) is 11.8 Å². The van der Waals surface area contributed by atoms with Crippen LogP contribution in [0.15, 0.2) is 54.7 Å². The number of halogens is 1. The standard InChI is InChI=1S/C20H19ClN4O2/c1-3-18-17(12-23-25(18)16-9-5-7-14(21)11-16)20(27)24-15-8-4-6-13(10-15)19(26)22-2/h4-12H,3H2,1-2H3,(H,22,26)(H,24,27). The monoisotopic (exact) mass is 382 g/mol. The summed E-state index contributed by atoms with van der Waals surface area (Å²) in [7, 11) is 1.56. The van der Waals surface area contributed by atoms with Gasteiger partial charge in [0.15, 0.2) is 0 Å². The first-order chi connectivity index (χ1) is 13.0. The van der Waals surface area contributed by atoms with Gasteiger partial charge in [0.05, 0.1) is 23.1 Å². The Balaban J connectivity index is 1.89. The lowest BCUT2D eigenvalue weighted by atomic mass is 10.1.